The van der Waals surface area contributed by atoms with Gasteiger partial charge in [0.25, 0.3) is 11.6 Å². The first-order valence-corrected chi connectivity index (χ1v) is 10.9. The lowest BCUT2D eigenvalue weighted by Crippen LogP contribution is -2.22. The van der Waals surface area contributed by atoms with Crippen molar-refractivity contribution in [3.05, 3.63) is 75.2 Å². The van der Waals surface area contributed by atoms with Gasteiger partial charge in [0.05, 0.1) is 18.6 Å². The fourth-order valence-electron chi connectivity index (χ4n) is 3.02. The molecule has 0 fully saturated rings. The Hall–Kier alpha value is -4.25. The number of hydrogen-bond donors (Lipinski definition) is 1. The highest BCUT2D eigenvalue weighted by Crippen LogP contribution is 2.37. The summed E-state index contributed by atoms with van der Waals surface area (Å²) in [5.74, 6) is -1.72. The van der Waals surface area contributed by atoms with E-state index in [2.05, 4.69) is 5.32 Å². The number of para-hydroxylation sites is 1. The predicted octanol–water partition coefficient (Wildman–Crippen LogP) is 4.30. The van der Waals surface area contributed by atoms with Crippen molar-refractivity contribution >= 4 is 39.9 Å². The first-order valence-electron chi connectivity index (χ1n) is 9.99. The summed E-state index contributed by atoms with van der Waals surface area (Å²) >= 11 is 1.11. The summed E-state index contributed by atoms with van der Waals surface area (Å²) in [4.78, 5) is 47.7. The summed E-state index contributed by atoms with van der Waals surface area (Å²) in [5, 5.41) is 15.5. The van der Waals surface area contributed by atoms with Crippen molar-refractivity contribution in [3.8, 4) is 16.9 Å². The maximum Gasteiger partial charge on any atom is 0.345 e. The summed E-state index contributed by atoms with van der Waals surface area (Å²) in [6.07, 6.45) is 0. The number of nitro benzene ring substituents is 1. The fraction of sp³-hybridized carbons (Fsp3) is 0.174. The van der Waals surface area contributed by atoms with E-state index in [9.17, 15) is 24.5 Å². The van der Waals surface area contributed by atoms with Gasteiger partial charge in [0.1, 0.15) is 21.9 Å². The van der Waals surface area contributed by atoms with Gasteiger partial charge in [-0.1, -0.05) is 24.3 Å². The molecule has 0 aliphatic heterocycles. The highest BCUT2D eigenvalue weighted by Gasteiger charge is 2.24. The zero-order chi connectivity index (χ0) is 24.7. The third-order valence-electron chi connectivity index (χ3n) is 4.58. The van der Waals surface area contributed by atoms with Gasteiger partial charge in [-0.3, -0.25) is 14.9 Å². The summed E-state index contributed by atoms with van der Waals surface area (Å²) in [6, 6.07) is 12.3. The highest BCUT2D eigenvalue weighted by atomic mass is 32.1. The molecule has 1 amide bonds. The molecule has 3 aromatic rings. The molecule has 0 bridgehead atoms. The topological polar surface area (TPSA) is 134 Å². The van der Waals surface area contributed by atoms with Gasteiger partial charge in [0.2, 0.25) is 0 Å². The Morgan fingerprint density at radius 3 is 2.38 bits per heavy atom. The van der Waals surface area contributed by atoms with Gasteiger partial charge in [-0.25, -0.2) is 9.59 Å². The highest BCUT2D eigenvalue weighted by molar-refractivity contribution is 7.15. The second kappa shape index (κ2) is 11.1. The van der Waals surface area contributed by atoms with Crippen molar-refractivity contribution < 1.29 is 33.5 Å². The van der Waals surface area contributed by atoms with Gasteiger partial charge in [-0.05, 0) is 30.7 Å². The number of carbonyl (C=O) groups excluding carboxylic acids is 3. The van der Waals surface area contributed by atoms with E-state index in [4.69, 9.17) is 14.2 Å². The normalized spacial score (nSPS) is 10.3. The molecule has 1 heterocycles. The number of esters is 2. The van der Waals surface area contributed by atoms with Crippen LogP contribution in [0.15, 0.2) is 53.9 Å². The Morgan fingerprint density at radius 2 is 1.74 bits per heavy atom. The van der Waals surface area contributed by atoms with Crippen LogP contribution < -0.4 is 10.1 Å². The number of nitrogens with one attached hydrogen (secondary N) is 1. The average molecular weight is 484 g/mol. The molecule has 10 nitrogen and oxygen atoms in total. The Kier molecular flexibility index (Phi) is 7.93. The SMILES string of the molecule is CCOC(=O)c1c(-c2ccc(OC)cc2)csc1NC(=O)COC(=O)c1ccccc1[N+](=O)[O-]. The number of rotatable bonds is 9. The second-order valence-corrected chi connectivity index (χ2v) is 7.58. The predicted molar refractivity (Wildman–Crippen MR) is 124 cm³/mol. The standard InChI is InChI=1S/C23H20N2O8S/c1-3-32-23(28)20-17(14-8-10-15(31-2)11-9-14)13-34-21(20)24-19(26)12-33-22(27)16-6-4-5-7-18(16)25(29)30/h4-11,13H,3,12H2,1-2H3,(H,24,26). The van der Waals surface area contributed by atoms with Crippen LogP contribution in [0.3, 0.4) is 0 Å². The summed E-state index contributed by atoms with van der Waals surface area (Å²) in [5.41, 5.74) is 0.724. The first kappa shape index (κ1) is 24.4. The third kappa shape index (κ3) is 5.56. The number of benzene rings is 2. The number of nitrogens with zero attached hydrogens (tertiary/aromatic N) is 1. The van der Waals surface area contributed by atoms with E-state index in [0.717, 1.165) is 17.4 Å². The number of ether oxygens (including phenoxy) is 3. The Morgan fingerprint density at radius 1 is 1.03 bits per heavy atom. The number of nitro groups is 1. The summed E-state index contributed by atoms with van der Waals surface area (Å²) < 4.78 is 15.2. The van der Waals surface area contributed by atoms with E-state index < -0.39 is 35.1 Å². The zero-order valence-corrected chi connectivity index (χ0v) is 19.0. The lowest BCUT2D eigenvalue weighted by atomic mass is 10.0. The molecule has 3 rings (SSSR count). The molecule has 0 unspecified atom stereocenters. The van der Waals surface area contributed by atoms with Crippen molar-refractivity contribution in [2.24, 2.45) is 0 Å². The molecule has 1 aromatic heterocycles. The van der Waals surface area contributed by atoms with E-state index >= 15 is 0 Å². The molecule has 1 N–H and O–H groups in total. The third-order valence-corrected chi connectivity index (χ3v) is 5.48. The molecule has 11 heteroatoms. The lowest BCUT2D eigenvalue weighted by molar-refractivity contribution is -0.385. The molecule has 2 aromatic carbocycles. The number of thiophene rings is 1. The van der Waals surface area contributed by atoms with Crippen LogP contribution in [0.2, 0.25) is 0 Å². The van der Waals surface area contributed by atoms with Crippen molar-refractivity contribution in [3.63, 3.8) is 0 Å². The van der Waals surface area contributed by atoms with E-state index in [-0.39, 0.29) is 22.7 Å². The van der Waals surface area contributed by atoms with Crippen molar-refractivity contribution in [2.75, 3.05) is 25.6 Å². The van der Waals surface area contributed by atoms with Crippen LogP contribution in [-0.4, -0.2) is 43.1 Å². The molecule has 0 aliphatic rings. The quantitative estimate of drug-likeness (QED) is 0.270. The smallest absolute Gasteiger partial charge is 0.345 e. The minimum Gasteiger partial charge on any atom is -0.497 e. The maximum atomic E-state index is 12.6. The van der Waals surface area contributed by atoms with E-state index in [1.54, 1.807) is 43.7 Å². The number of carbonyl (C=O) groups is 3. The van der Waals surface area contributed by atoms with Gasteiger partial charge in [0.15, 0.2) is 6.61 Å². The number of amides is 1. The molecule has 176 valence electrons. The van der Waals surface area contributed by atoms with Crippen molar-refractivity contribution in [1.29, 1.82) is 0 Å². The minimum absolute atomic E-state index is 0.136. The number of methoxy groups -OCH3 is 1. The van der Waals surface area contributed by atoms with Crippen LogP contribution >= 0.6 is 11.3 Å². The van der Waals surface area contributed by atoms with Gasteiger partial charge >= 0.3 is 11.9 Å². The second-order valence-electron chi connectivity index (χ2n) is 6.70. The molecule has 0 saturated carbocycles. The van der Waals surface area contributed by atoms with Gasteiger partial charge in [0, 0.05) is 17.0 Å². The van der Waals surface area contributed by atoms with Crippen LogP contribution in [0.25, 0.3) is 11.1 Å². The minimum atomic E-state index is -1.02. The zero-order valence-electron chi connectivity index (χ0n) is 18.2. The van der Waals surface area contributed by atoms with Crippen LogP contribution in [0, 0.1) is 10.1 Å². The van der Waals surface area contributed by atoms with Crippen molar-refractivity contribution in [1.82, 2.24) is 0 Å². The van der Waals surface area contributed by atoms with Gasteiger partial charge < -0.3 is 19.5 Å². The van der Waals surface area contributed by atoms with Crippen LogP contribution in [0.4, 0.5) is 10.7 Å². The van der Waals surface area contributed by atoms with Gasteiger partial charge in [-0.2, -0.15) is 0 Å². The molecule has 0 atom stereocenters. The van der Waals surface area contributed by atoms with Crippen molar-refractivity contribution in [2.45, 2.75) is 6.92 Å². The van der Waals surface area contributed by atoms with Gasteiger partial charge in [-0.15, -0.1) is 11.3 Å². The van der Waals surface area contributed by atoms with Crippen LogP contribution in [-0.2, 0) is 14.3 Å². The largest absolute Gasteiger partial charge is 0.497 e. The molecule has 0 spiro atoms. The maximum absolute atomic E-state index is 12.6. The monoisotopic (exact) mass is 484 g/mol. The first-order chi connectivity index (χ1) is 16.3. The lowest BCUT2D eigenvalue weighted by Gasteiger charge is -2.10. The molecule has 0 radical (unpaired) electrons. The molecular formula is C23H20N2O8S. The van der Waals surface area contributed by atoms with E-state index in [1.165, 1.54) is 18.2 Å². The summed E-state index contributed by atoms with van der Waals surface area (Å²) in [7, 11) is 1.54. The molecular weight excluding hydrogens is 464 g/mol. The molecule has 0 aliphatic carbocycles. The summed E-state index contributed by atoms with van der Waals surface area (Å²) in [6.45, 7) is 1.10. The number of hydrogen-bond acceptors (Lipinski definition) is 9. The fourth-order valence-corrected chi connectivity index (χ4v) is 3.99. The number of anilines is 1. The Balaban J connectivity index is 1.77. The van der Waals surface area contributed by atoms with Crippen LogP contribution in [0.5, 0.6) is 5.75 Å². The van der Waals surface area contributed by atoms with Crippen LogP contribution in [0.1, 0.15) is 27.6 Å². The van der Waals surface area contributed by atoms with E-state index in [1.807, 2.05) is 0 Å². The Labute approximate surface area is 198 Å². The van der Waals surface area contributed by atoms with E-state index in [0.29, 0.717) is 16.9 Å². The Bertz CT molecular complexity index is 1220. The molecule has 34 heavy (non-hydrogen) atoms. The molecule has 0 saturated heterocycles. The average Bonchev–Trinajstić information content (AvgIpc) is 3.26.